The summed E-state index contributed by atoms with van der Waals surface area (Å²) in [5, 5.41) is 8.62. The van der Waals surface area contributed by atoms with Crippen LogP contribution in [0, 0.1) is 0 Å². The number of carbonyl (C=O) groups is 2. The van der Waals surface area contributed by atoms with Crippen LogP contribution < -0.4 is 16.0 Å². The topological polar surface area (TPSA) is 70.2 Å². The monoisotopic (exact) mass is 213 g/mol. The van der Waals surface area contributed by atoms with E-state index in [0.29, 0.717) is 13.1 Å². The van der Waals surface area contributed by atoms with Crippen molar-refractivity contribution in [1.82, 2.24) is 16.0 Å². The molecule has 86 valence electrons. The number of amides is 2. The molecule has 0 radical (unpaired) electrons. The molecule has 0 spiro atoms. The zero-order chi connectivity index (χ0) is 11.3. The lowest BCUT2D eigenvalue weighted by Gasteiger charge is -2.22. The summed E-state index contributed by atoms with van der Waals surface area (Å²) in [6, 6.07) is 0. The van der Waals surface area contributed by atoms with E-state index in [4.69, 9.17) is 0 Å². The Morgan fingerprint density at radius 3 is 2.53 bits per heavy atom. The molecule has 1 rings (SSSR count). The second-order valence-electron chi connectivity index (χ2n) is 4.10. The summed E-state index contributed by atoms with van der Waals surface area (Å²) < 4.78 is 0. The van der Waals surface area contributed by atoms with Crippen molar-refractivity contribution in [3.63, 3.8) is 0 Å². The molecule has 0 aromatic rings. The summed E-state index contributed by atoms with van der Waals surface area (Å²) in [6.45, 7) is 5.23. The summed E-state index contributed by atoms with van der Waals surface area (Å²) in [4.78, 5) is 22.3. The lowest BCUT2D eigenvalue weighted by atomic mass is 9.99. The molecule has 0 aromatic heterocycles. The zero-order valence-electron chi connectivity index (χ0n) is 9.35. The van der Waals surface area contributed by atoms with E-state index in [1.807, 2.05) is 6.92 Å². The Morgan fingerprint density at radius 2 is 2.00 bits per heavy atom. The highest BCUT2D eigenvalue weighted by Crippen LogP contribution is 2.17. The standard InChI is InChI=1S/C10H19N3O2/c1-8(14)11-6-7-12-9(15)10(2)4-3-5-13-10/h13H,3-7H2,1-2H3,(H,11,14)(H,12,15). The van der Waals surface area contributed by atoms with E-state index >= 15 is 0 Å². The van der Waals surface area contributed by atoms with Crippen LogP contribution in [0.25, 0.3) is 0 Å². The number of hydrogen-bond acceptors (Lipinski definition) is 3. The van der Waals surface area contributed by atoms with Crippen molar-refractivity contribution in [1.29, 1.82) is 0 Å². The predicted octanol–water partition coefficient (Wildman–Crippen LogP) is -0.619. The van der Waals surface area contributed by atoms with E-state index in [9.17, 15) is 9.59 Å². The minimum atomic E-state index is -0.420. The van der Waals surface area contributed by atoms with Gasteiger partial charge in [-0.3, -0.25) is 9.59 Å². The molecule has 1 heterocycles. The highest BCUT2D eigenvalue weighted by atomic mass is 16.2. The third kappa shape index (κ3) is 3.51. The Kier molecular flexibility index (Phi) is 4.08. The molecule has 3 N–H and O–H groups in total. The Morgan fingerprint density at radius 1 is 1.33 bits per heavy atom. The van der Waals surface area contributed by atoms with Gasteiger partial charge in [-0.15, -0.1) is 0 Å². The highest BCUT2D eigenvalue weighted by molar-refractivity contribution is 5.86. The molecule has 0 aliphatic carbocycles. The van der Waals surface area contributed by atoms with E-state index in [-0.39, 0.29) is 11.8 Å². The number of nitrogens with one attached hydrogen (secondary N) is 3. The van der Waals surface area contributed by atoms with Crippen molar-refractivity contribution in [2.45, 2.75) is 32.2 Å². The van der Waals surface area contributed by atoms with Crippen LogP contribution in [0.4, 0.5) is 0 Å². The maximum absolute atomic E-state index is 11.7. The molecule has 1 unspecified atom stereocenters. The highest BCUT2D eigenvalue weighted by Gasteiger charge is 2.35. The molecule has 1 aliphatic rings. The first kappa shape index (κ1) is 12.0. The molecule has 1 aliphatic heterocycles. The molecular weight excluding hydrogens is 194 g/mol. The van der Waals surface area contributed by atoms with Crippen molar-refractivity contribution in [3.05, 3.63) is 0 Å². The first-order valence-electron chi connectivity index (χ1n) is 5.32. The summed E-state index contributed by atoms with van der Waals surface area (Å²) in [7, 11) is 0. The first-order valence-corrected chi connectivity index (χ1v) is 5.32. The van der Waals surface area contributed by atoms with Gasteiger partial charge in [0.2, 0.25) is 11.8 Å². The Balaban J connectivity index is 2.21. The molecule has 2 amide bonds. The number of carbonyl (C=O) groups excluding carboxylic acids is 2. The fraction of sp³-hybridized carbons (Fsp3) is 0.800. The summed E-state index contributed by atoms with van der Waals surface area (Å²) in [5.41, 5.74) is -0.420. The van der Waals surface area contributed by atoms with E-state index in [1.54, 1.807) is 0 Å². The van der Waals surface area contributed by atoms with Gasteiger partial charge >= 0.3 is 0 Å². The Bertz CT molecular complexity index is 247. The predicted molar refractivity (Wildman–Crippen MR) is 57.3 cm³/mol. The van der Waals surface area contributed by atoms with Gasteiger partial charge in [-0.2, -0.15) is 0 Å². The molecule has 0 saturated carbocycles. The smallest absolute Gasteiger partial charge is 0.240 e. The largest absolute Gasteiger partial charge is 0.355 e. The van der Waals surface area contributed by atoms with Crippen molar-refractivity contribution in [2.24, 2.45) is 0 Å². The van der Waals surface area contributed by atoms with Crippen LogP contribution >= 0.6 is 0 Å². The molecule has 1 fully saturated rings. The fourth-order valence-electron chi connectivity index (χ4n) is 1.70. The van der Waals surface area contributed by atoms with Crippen LogP contribution in [0.1, 0.15) is 26.7 Å². The van der Waals surface area contributed by atoms with E-state index in [0.717, 1.165) is 19.4 Å². The van der Waals surface area contributed by atoms with Gasteiger partial charge in [0.05, 0.1) is 5.54 Å². The Labute approximate surface area is 90.0 Å². The first-order chi connectivity index (χ1) is 7.04. The van der Waals surface area contributed by atoms with Crippen LogP contribution in [-0.4, -0.2) is 37.0 Å². The van der Waals surface area contributed by atoms with E-state index in [2.05, 4.69) is 16.0 Å². The van der Waals surface area contributed by atoms with Gasteiger partial charge in [0, 0.05) is 20.0 Å². The Hall–Kier alpha value is -1.10. The van der Waals surface area contributed by atoms with Crippen LogP contribution in [-0.2, 0) is 9.59 Å². The van der Waals surface area contributed by atoms with Gasteiger partial charge < -0.3 is 16.0 Å². The second-order valence-corrected chi connectivity index (χ2v) is 4.10. The van der Waals surface area contributed by atoms with Gasteiger partial charge in [-0.05, 0) is 26.3 Å². The van der Waals surface area contributed by atoms with Crippen LogP contribution in [0.5, 0.6) is 0 Å². The number of rotatable bonds is 4. The van der Waals surface area contributed by atoms with E-state index in [1.165, 1.54) is 6.92 Å². The molecule has 0 bridgehead atoms. The average Bonchev–Trinajstić information content (AvgIpc) is 2.60. The minimum absolute atomic E-state index is 0.0188. The molecule has 1 saturated heterocycles. The normalized spacial score (nSPS) is 24.9. The van der Waals surface area contributed by atoms with Gasteiger partial charge in [0.1, 0.15) is 0 Å². The van der Waals surface area contributed by atoms with Crippen LogP contribution in [0.15, 0.2) is 0 Å². The van der Waals surface area contributed by atoms with Gasteiger partial charge in [0.15, 0.2) is 0 Å². The molecule has 15 heavy (non-hydrogen) atoms. The fourth-order valence-corrected chi connectivity index (χ4v) is 1.70. The third-order valence-electron chi connectivity index (χ3n) is 2.65. The molecule has 1 atom stereocenters. The summed E-state index contributed by atoms with van der Waals surface area (Å²) >= 11 is 0. The molecule has 0 aromatic carbocycles. The van der Waals surface area contributed by atoms with Crippen molar-refractivity contribution >= 4 is 11.8 Å². The SMILES string of the molecule is CC(=O)NCCNC(=O)C1(C)CCCN1. The minimum Gasteiger partial charge on any atom is -0.355 e. The van der Waals surface area contributed by atoms with Gasteiger partial charge in [-0.25, -0.2) is 0 Å². The van der Waals surface area contributed by atoms with Crippen LogP contribution in [0.3, 0.4) is 0 Å². The quantitative estimate of drug-likeness (QED) is 0.545. The van der Waals surface area contributed by atoms with Crippen molar-refractivity contribution in [2.75, 3.05) is 19.6 Å². The molecule has 5 heteroatoms. The van der Waals surface area contributed by atoms with Crippen molar-refractivity contribution < 1.29 is 9.59 Å². The third-order valence-corrected chi connectivity index (χ3v) is 2.65. The summed E-state index contributed by atoms with van der Waals surface area (Å²) in [5.74, 6) is -0.0557. The molecule has 5 nitrogen and oxygen atoms in total. The maximum Gasteiger partial charge on any atom is 0.240 e. The van der Waals surface area contributed by atoms with Gasteiger partial charge in [0.25, 0.3) is 0 Å². The van der Waals surface area contributed by atoms with E-state index < -0.39 is 5.54 Å². The average molecular weight is 213 g/mol. The van der Waals surface area contributed by atoms with Gasteiger partial charge in [-0.1, -0.05) is 0 Å². The maximum atomic E-state index is 11.7. The van der Waals surface area contributed by atoms with Crippen LogP contribution in [0.2, 0.25) is 0 Å². The zero-order valence-corrected chi connectivity index (χ0v) is 9.35. The van der Waals surface area contributed by atoms with Crippen molar-refractivity contribution in [3.8, 4) is 0 Å². The number of hydrogen-bond donors (Lipinski definition) is 3. The lowest BCUT2D eigenvalue weighted by Crippen LogP contribution is -2.52. The lowest BCUT2D eigenvalue weighted by molar-refractivity contribution is -0.126. The molecular formula is C10H19N3O2. The second kappa shape index (κ2) is 5.11. The summed E-state index contributed by atoms with van der Waals surface area (Å²) in [6.07, 6.45) is 1.91.